The molecule has 3 rings (SSSR count). The molecule has 0 spiro atoms. The molecule has 0 aromatic carbocycles. The Hall–Kier alpha value is -0.870. The highest BCUT2D eigenvalue weighted by molar-refractivity contribution is 14.0. The van der Waals surface area contributed by atoms with E-state index in [0.29, 0.717) is 18.1 Å². The Kier molecular flexibility index (Phi) is 7.94. The summed E-state index contributed by atoms with van der Waals surface area (Å²) in [5.74, 6) is 1.25. The SMILES string of the molecule is CN(C)C(=O)CN=C(NCCc1cccs1)NC1C2CCOC2C1(C)C.I. The van der Waals surface area contributed by atoms with Crippen molar-refractivity contribution in [3.63, 3.8) is 0 Å². The van der Waals surface area contributed by atoms with Gasteiger partial charge < -0.3 is 20.3 Å². The van der Waals surface area contributed by atoms with Gasteiger partial charge in [0.1, 0.15) is 6.54 Å². The van der Waals surface area contributed by atoms with Crippen LogP contribution >= 0.6 is 35.3 Å². The van der Waals surface area contributed by atoms with Gasteiger partial charge in [0.25, 0.3) is 0 Å². The second-order valence-corrected chi connectivity index (χ2v) is 8.93. The molecule has 2 heterocycles. The number of amides is 1. The Morgan fingerprint density at radius 2 is 2.22 bits per heavy atom. The molecular formula is C19H31IN4O2S. The van der Waals surface area contributed by atoms with E-state index in [0.717, 1.165) is 32.0 Å². The van der Waals surface area contributed by atoms with Crippen molar-refractivity contribution < 1.29 is 9.53 Å². The third-order valence-corrected chi connectivity index (χ3v) is 6.44. The molecule has 3 atom stereocenters. The topological polar surface area (TPSA) is 66.0 Å². The van der Waals surface area contributed by atoms with Gasteiger partial charge in [0.2, 0.25) is 5.91 Å². The summed E-state index contributed by atoms with van der Waals surface area (Å²) in [6.45, 7) is 6.27. The maximum atomic E-state index is 11.9. The van der Waals surface area contributed by atoms with Crippen LogP contribution in [0.15, 0.2) is 22.5 Å². The van der Waals surface area contributed by atoms with Crippen LogP contribution in [-0.4, -0.2) is 62.7 Å². The molecule has 0 bridgehead atoms. The fourth-order valence-corrected chi connectivity index (χ4v) is 4.67. The molecule has 6 nitrogen and oxygen atoms in total. The van der Waals surface area contributed by atoms with Gasteiger partial charge in [0, 0.05) is 49.5 Å². The summed E-state index contributed by atoms with van der Waals surface area (Å²) >= 11 is 1.76. The van der Waals surface area contributed by atoms with Crippen molar-refractivity contribution in [3.8, 4) is 0 Å². The number of nitrogens with one attached hydrogen (secondary N) is 2. The molecule has 1 amide bonds. The normalized spacial score (nSPS) is 25.8. The Bertz CT molecular complexity index is 648. The molecule has 8 heteroatoms. The number of hydrogen-bond acceptors (Lipinski definition) is 4. The van der Waals surface area contributed by atoms with Crippen LogP contribution in [0.3, 0.4) is 0 Å². The third-order valence-electron chi connectivity index (χ3n) is 5.51. The van der Waals surface area contributed by atoms with Crippen molar-refractivity contribution in [1.29, 1.82) is 0 Å². The van der Waals surface area contributed by atoms with Crippen LogP contribution in [0.25, 0.3) is 0 Å². The first kappa shape index (κ1) is 22.4. The van der Waals surface area contributed by atoms with Crippen LogP contribution < -0.4 is 10.6 Å². The Balaban J connectivity index is 0.00000261. The first-order valence-electron chi connectivity index (χ1n) is 9.28. The summed E-state index contributed by atoms with van der Waals surface area (Å²) in [5, 5.41) is 9.08. The molecule has 1 aromatic rings. The number of rotatable bonds is 6. The molecule has 27 heavy (non-hydrogen) atoms. The number of likely N-dealkylation sites (N-methyl/N-ethyl adjacent to an activating group) is 1. The number of carbonyl (C=O) groups is 1. The van der Waals surface area contributed by atoms with Crippen LogP contribution in [0.4, 0.5) is 0 Å². The predicted molar refractivity (Wildman–Crippen MR) is 121 cm³/mol. The Morgan fingerprint density at radius 1 is 1.44 bits per heavy atom. The maximum absolute atomic E-state index is 11.9. The summed E-state index contributed by atoms with van der Waals surface area (Å²) in [6, 6.07) is 4.53. The minimum Gasteiger partial charge on any atom is -0.377 e. The number of carbonyl (C=O) groups excluding carboxylic acids is 1. The summed E-state index contributed by atoms with van der Waals surface area (Å²) in [5.41, 5.74) is 0.0723. The minimum absolute atomic E-state index is 0. The number of aliphatic imine (C=N–C) groups is 1. The number of nitrogens with zero attached hydrogens (tertiary/aromatic N) is 2. The number of guanidine groups is 1. The van der Waals surface area contributed by atoms with E-state index in [4.69, 9.17) is 4.74 Å². The van der Waals surface area contributed by atoms with Crippen LogP contribution in [0, 0.1) is 11.3 Å². The van der Waals surface area contributed by atoms with E-state index >= 15 is 0 Å². The van der Waals surface area contributed by atoms with Gasteiger partial charge in [0.05, 0.1) is 6.10 Å². The van der Waals surface area contributed by atoms with E-state index in [-0.39, 0.29) is 41.8 Å². The summed E-state index contributed by atoms with van der Waals surface area (Å²) in [6.07, 6.45) is 2.37. The molecule has 152 valence electrons. The first-order valence-corrected chi connectivity index (χ1v) is 10.2. The third kappa shape index (κ3) is 5.14. The van der Waals surface area contributed by atoms with E-state index in [1.807, 2.05) is 0 Å². The van der Waals surface area contributed by atoms with Gasteiger partial charge in [-0.25, -0.2) is 4.99 Å². The van der Waals surface area contributed by atoms with Crippen LogP contribution in [0.2, 0.25) is 0 Å². The number of hydrogen-bond donors (Lipinski definition) is 2. The molecule has 2 aliphatic rings. The average molecular weight is 506 g/mol. The molecule has 1 saturated carbocycles. The van der Waals surface area contributed by atoms with E-state index in [1.54, 1.807) is 30.3 Å². The molecule has 3 unspecified atom stereocenters. The van der Waals surface area contributed by atoms with Gasteiger partial charge in [-0.15, -0.1) is 35.3 Å². The van der Waals surface area contributed by atoms with Crippen LogP contribution in [-0.2, 0) is 16.0 Å². The smallest absolute Gasteiger partial charge is 0.243 e. The summed E-state index contributed by atoms with van der Waals surface area (Å²) in [4.78, 5) is 19.4. The molecule has 2 fully saturated rings. The minimum atomic E-state index is -0.000646. The zero-order valence-electron chi connectivity index (χ0n) is 16.5. The second kappa shape index (κ2) is 9.56. The van der Waals surface area contributed by atoms with Gasteiger partial charge in [-0.05, 0) is 24.3 Å². The van der Waals surface area contributed by atoms with E-state index < -0.39 is 0 Å². The van der Waals surface area contributed by atoms with E-state index in [1.165, 1.54) is 4.88 Å². The molecular weight excluding hydrogens is 475 g/mol. The summed E-state index contributed by atoms with van der Waals surface area (Å²) < 4.78 is 5.88. The van der Waals surface area contributed by atoms with Crippen molar-refractivity contribution in [2.75, 3.05) is 33.8 Å². The van der Waals surface area contributed by atoms with Gasteiger partial charge in [-0.3, -0.25) is 4.79 Å². The number of ether oxygens (including phenoxy) is 1. The second-order valence-electron chi connectivity index (χ2n) is 7.90. The number of fused-ring (bicyclic) bond motifs is 1. The quantitative estimate of drug-likeness (QED) is 0.353. The van der Waals surface area contributed by atoms with Crippen molar-refractivity contribution in [1.82, 2.24) is 15.5 Å². The van der Waals surface area contributed by atoms with Crippen molar-refractivity contribution in [3.05, 3.63) is 22.4 Å². The van der Waals surface area contributed by atoms with Gasteiger partial charge in [-0.1, -0.05) is 19.9 Å². The van der Waals surface area contributed by atoms with Gasteiger partial charge >= 0.3 is 0 Å². The van der Waals surface area contributed by atoms with Gasteiger partial charge in [-0.2, -0.15) is 0 Å². The zero-order chi connectivity index (χ0) is 18.7. The average Bonchev–Trinajstić information content (AvgIpc) is 3.26. The lowest BCUT2D eigenvalue weighted by Crippen LogP contribution is -2.68. The van der Waals surface area contributed by atoms with Crippen molar-refractivity contribution in [2.24, 2.45) is 16.3 Å². The van der Waals surface area contributed by atoms with Crippen LogP contribution in [0.5, 0.6) is 0 Å². The van der Waals surface area contributed by atoms with Crippen molar-refractivity contribution >= 4 is 47.2 Å². The van der Waals surface area contributed by atoms with E-state index in [2.05, 4.69) is 47.0 Å². The molecule has 1 saturated heterocycles. The lowest BCUT2D eigenvalue weighted by atomic mass is 9.57. The number of thiophene rings is 1. The Labute approximate surface area is 183 Å². The fourth-order valence-electron chi connectivity index (χ4n) is 3.96. The molecule has 1 aliphatic carbocycles. The zero-order valence-corrected chi connectivity index (χ0v) is 19.7. The molecule has 2 N–H and O–H groups in total. The molecule has 1 aromatic heterocycles. The van der Waals surface area contributed by atoms with E-state index in [9.17, 15) is 4.79 Å². The fraction of sp³-hybridized carbons (Fsp3) is 0.684. The largest absolute Gasteiger partial charge is 0.377 e. The van der Waals surface area contributed by atoms with Gasteiger partial charge in [0.15, 0.2) is 5.96 Å². The highest BCUT2D eigenvalue weighted by Crippen LogP contribution is 2.52. The maximum Gasteiger partial charge on any atom is 0.243 e. The monoisotopic (exact) mass is 506 g/mol. The predicted octanol–water partition coefficient (Wildman–Crippen LogP) is 2.35. The van der Waals surface area contributed by atoms with Crippen LogP contribution in [0.1, 0.15) is 25.1 Å². The molecule has 0 radical (unpaired) electrons. The van der Waals surface area contributed by atoms with Crippen molar-refractivity contribution in [2.45, 2.75) is 38.8 Å². The number of halogens is 1. The molecule has 1 aliphatic heterocycles. The summed E-state index contributed by atoms with van der Waals surface area (Å²) in [7, 11) is 3.51. The standard InChI is InChI=1S/C19H30N4O2S.HI/c1-19(2)16(14-8-10-25-17(14)19)22-18(21-12-15(24)23(3)4)20-9-7-13-6-5-11-26-13;/h5-6,11,14,16-17H,7-10,12H2,1-4H3,(H2,20,21,22);1H. The highest BCUT2D eigenvalue weighted by Gasteiger charge is 2.59. The highest BCUT2D eigenvalue weighted by atomic mass is 127. The lowest BCUT2D eigenvalue weighted by molar-refractivity contribution is -0.127. The Morgan fingerprint density at radius 3 is 2.89 bits per heavy atom. The first-order chi connectivity index (χ1) is 12.4. The lowest BCUT2D eigenvalue weighted by Gasteiger charge is -2.54.